The van der Waals surface area contributed by atoms with Gasteiger partial charge in [-0.2, -0.15) is 0 Å². The van der Waals surface area contributed by atoms with Crippen LogP contribution in [0.2, 0.25) is 0 Å². The highest BCUT2D eigenvalue weighted by Crippen LogP contribution is 2.71. The maximum atomic E-state index is 11.7. The molecule has 2 heteroatoms. The Bertz CT molecular complexity index is 793. The van der Waals surface area contributed by atoms with Crippen molar-refractivity contribution in [2.24, 2.45) is 51.8 Å². The Kier molecular flexibility index (Phi) is 7.51. The summed E-state index contributed by atoms with van der Waals surface area (Å²) < 4.78 is 5.76. The van der Waals surface area contributed by atoms with Gasteiger partial charge in [0.2, 0.25) is 0 Å². The van der Waals surface area contributed by atoms with Gasteiger partial charge in [0.1, 0.15) is 6.10 Å². The lowest BCUT2D eigenvalue weighted by Crippen LogP contribution is -2.59. The van der Waals surface area contributed by atoms with Crippen molar-refractivity contribution in [2.75, 3.05) is 0 Å². The highest BCUT2D eigenvalue weighted by Gasteiger charge is 2.64. The van der Waals surface area contributed by atoms with E-state index in [0.717, 1.165) is 48.3 Å². The Morgan fingerprint density at radius 1 is 1.03 bits per heavy atom. The third kappa shape index (κ3) is 4.36. The van der Waals surface area contributed by atoms with Crippen molar-refractivity contribution < 1.29 is 9.53 Å². The zero-order valence-electron chi connectivity index (χ0n) is 23.1. The molecule has 2 nitrogen and oxygen atoms in total. The van der Waals surface area contributed by atoms with Gasteiger partial charge in [0, 0.05) is 12.3 Å². The zero-order chi connectivity index (χ0) is 24.7. The number of hydrogen-bond donors (Lipinski definition) is 0. The van der Waals surface area contributed by atoms with Crippen molar-refractivity contribution in [3.63, 3.8) is 0 Å². The molecule has 0 bridgehead atoms. The number of hydrogen-bond acceptors (Lipinski definition) is 2. The molecule has 4 rings (SSSR count). The third-order valence-corrected chi connectivity index (χ3v) is 11.8. The van der Waals surface area contributed by atoms with Gasteiger partial charge in [0.25, 0.3) is 0 Å². The summed E-state index contributed by atoms with van der Waals surface area (Å²) in [5.74, 6) is 5.04. The van der Waals surface area contributed by atoms with Crippen LogP contribution in [0.4, 0.5) is 0 Å². The second kappa shape index (κ2) is 9.80. The maximum Gasteiger partial charge on any atom is 0.302 e. The van der Waals surface area contributed by atoms with Crippen molar-refractivity contribution in [2.45, 2.75) is 125 Å². The highest BCUT2D eigenvalue weighted by molar-refractivity contribution is 5.66. The first-order valence-corrected chi connectivity index (χ1v) is 14.6. The van der Waals surface area contributed by atoms with Crippen LogP contribution in [-0.2, 0) is 9.53 Å². The summed E-state index contributed by atoms with van der Waals surface area (Å²) in [6.07, 6.45) is 18.0. The molecule has 0 N–H and O–H groups in total. The van der Waals surface area contributed by atoms with Gasteiger partial charge in [-0.05, 0) is 110 Å². The molecule has 4 aliphatic carbocycles. The molecule has 192 valence electrons. The van der Waals surface area contributed by atoms with Crippen molar-refractivity contribution in [1.29, 1.82) is 0 Å². The monoisotopic (exact) mass is 468 g/mol. The summed E-state index contributed by atoms with van der Waals surface area (Å²) in [5, 5.41) is 0. The molecule has 0 saturated heterocycles. The minimum absolute atomic E-state index is 0.0585. The van der Waals surface area contributed by atoms with Crippen LogP contribution in [0.15, 0.2) is 18.4 Å². The quantitative estimate of drug-likeness (QED) is 0.276. The average molecular weight is 469 g/mol. The summed E-state index contributed by atoms with van der Waals surface area (Å²) in [6.45, 7) is 18.1. The molecule has 0 aromatic rings. The van der Waals surface area contributed by atoms with Crippen LogP contribution in [0, 0.1) is 51.8 Å². The first-order valence-electron chi connectivity index (χ1n) is 14.6. The summed E-state index contributed by atoms with van der Waals surface area (Å²) in [6, 6.07) is 0. The first-order chi connectivity index (χ1) is 16.1. The summed E-state index contributed by atoms with van der Waals surface area (Å²) >= 11 is 0. The van der Waals surface area contributed by atoms with Gasteiger partial charge in [0.15, 0.2) is 0 Å². The molecule has 0 spiro atoms. The second-order valence-corrected chi connectivity index (χ2v) is 13.8. The predicted molar refractivity (Wildman–Crippen MR) is 141 cm³/mol. The molecule has 4 saturated carbocycles. The molecular formula is C32H52O2. The number of carbonyl (C=O) groups is 1. The lowest BCUT2D eigenvalue weighted by molar-refractivity contribution is -0.175. The molecule has 0 radical (unpaired) electrons. The van der Waals surface area contributed by atoms with E-state index < -0.39 is 0 Å². The Balaban J connectivity index is 1.53. The molecule has 0 aliphatic heterocycles. The Morgan fingerprint density at radius 3 is 2.47 bits per heavy atom. The highest BCUT2D eigenvalue weighted by atomic mass is 16.5. The number of allylic oxidation sites excluding steroid dienone is 1. The van der Waals surface area contributed by atoms with Gasteiger partial charge in [-0.1, -0.05) is 60.5 Å². The molecule has 0 aromatic heterocycles. The molecule has 34 heavy (non-hydrogen) atoms. The predicted octanol–water partition coefficient (Wildman–Crippen LogP) is 8.75. The normalized spacial score (nSPS) is 44.4. The smallest absolute Gasteiger partial charge is 0.302 e. The van der Waals surface area contributed by atoms with Gasteiger partial charge >= 0.3 is 5.97 Å². The number of ether oxygens (including phenoxy) is 1. The third-order valence-electron chi connectivity index (χ3n) is 11.8. The topological polar surface area (TPSA) is 26.3 Å². The molecule has 1 unspecified atom stereocenters. The van der Waals surface area contributed by atoms with Crippen molar-refractivity contribution in [3.05, 3.63) is 18.4 Å². The second-order valence-electron chi connectivity index (χ2n) is 13.8. The fourth-order valence-electron chi connectivity index (χ4n) is 10.2. The number of carbonyl (C=O) groups excluding carboxylic acids is 1. The van der Waals surface area contributed by atoms with Gasteiger partial charge in [0.05, 0.1) is 0 Å². The largest absolute Gasteiger partial charge is 0.463 e. The molecule has 9 atom stereocenters. The van der Waals surface area contributed by atoms with Gasteiger partial charge in [-0.15, -0.1) is 5.73 Å². The summed E-state index contributed by atoms with van der Waals surface area (Å²) in [4.78, 5) is 11.7. The first kappa shape index (κ1) is 26.1. The fraction of sp³-hybridized carbons (Fsp3) is 0.875. The SMILES string of the molecule is C=C=CC12CC[C@H]3[C@@H]4CC[C@H]([C@H](C)CCCC(C)C)[C@@]4(C)CC[C@@H]3[C@@]1(C)CC[C@H](OC(C)=O)C2. The fourth-order valence-corrected chi connectivity index (χ4v) is 10.2. The molecule has 0 heterocycles. The molecule has 0 aromatic carbocycles. The molecule has 4 fully saturated rings. The standard InChI is InChI=1S/C32H52O2/c1-8-17-32-20-15-26-28-13-12-27(23(4)11-9-10-22(2)3)30(28,6)18-16-29(26)31(32,7)19-14-25(21-32)34-24(5)33/h17,22-23,25-29H,1,9-16,18-21H2,2-7H3/t23-,25+,26+,27-,28+,29+,30-,31-,32?/m1/s1. The van der Waals surface area contributed by atoms with Crippen LogP contribution in [0.25, 0.3) is 0 Å². The number of esters is 1. The van der Waals surface area contributed by atoms with Gasteiger partial charge < -0.3 is 4.74 Å². The maximum absolute atomic E-state index is 11.7. The van der Waals surface area contributed by atoms with Crippen molar-refractivity contribution in [1.82, 2.24) is 0 Å². The summed E-state index contributed by atoms with van der Waals surface area (Å²) in [7, 11) is 0. The van der Waals surface area contributed by atoms with E-state index in [4.69, 9.17) is 4.74 Å². The van der Waals surface area contributed by atoms with Crippen molar-refractivity contribution >= 4 is 5.97 Å². The minimum atomic E-state index is -0.132. The van der Waals surface area contributed by atoms with E-state index >= 15 is 0 Å². The van der Waals surface area contributed by atoms with E-state index in [1.165, 1.54) is 64.2 Å². The van der Waals surface area contributed by atoms with E-state index in [0.29, 0.717) is 5.41 Å². The van der Waals surface area contributed by atoms with Gasteiger partial charge in [-0.25, -0.2) is 0 Å². The molecular weight excluding hydrogens is 416 g/mol. The number of rotatable bonds is 7. The van der Waals surface area contributed by atoms with Gasteiger partial charge in [-0.3, -0.25) is 4.79 Å². The molecule has 4 aliphatic rings. The van der Waals surface area contributed by atoms with E-state index in [-0.39, 0.29) is 22.9 Å². The van der Waals surface area contributed by atoms with E-state index in [1.54, 1.807) is 6.92 Å². The van der Waals surface area contributed by atoms with Crippen LogP contribution in [0.3, 0.4) is 0 Å². The van der Waals surface area contributed by atoms with Crippen molar-refractivity contribution in [3.8, 4) is 0 Å². The van der Waals surface area contributed by atoms with Crippen LogP contribution in [0.1, 0.15) is 119 Å². The lowest BCUT2D eigenvalue weighted by Gasteiger charge is -2.65. The minimum Gasteiger partial charge on any atom is -0.463 e. The molecule has 0 amide bonds. The Labute approximate surface area is 210 Å². The Morgan fingerprint density at radius 2 is 1.79 bits per heavy atom. The lowest BCUT2D eigenvalue weighted by atomic mass is 9.39. The van der Waals surface area contributed by atoms with E-state index in [1.807, 2.05) is 0 Å². The Hall–Kier alpha value is -1.01. The van der Waals surface area contributed by atoms with E-state index in [9.17, 15) is 4.79 Å². The van der Waals surface area contributed by atoms with Crippen LogP contribution in [-0.4, -0.2) is 12.1 Å². The van der Waals surface area contributed by atoms with E-state index in [2.05, 4.69) is 53.0 Å². The number of fused-ring (bicyclic) bond motifs is 5. The van der Waals surface area contributed by atoms with Crippen LogP contribution in [0.5, 0.6) is 0 Å². The summed E-state index contributed by atoms with van der Waals surface area (Å²) in [5.41, 5.74) is 4.11. The average Bonchev–Trinajstić information content (AvgIpc) is 3.11. The zero-order valence-corrected chi connectivity index (χ0v) is 23.1. The van der Waals surface area contributed by atoms with Crippen LogP contribution < -0.4 is 0 Å². The van der Waals surface area contributed by atoms with Crippen LogP contribution >= 0.6 is 0 Å².